The van der Waals surface area contributed by atoms with Gasteiger partial charge >= 0.3 is 0 Å². The highest BCUT2D eigenvalue weighted by atomic mass is 127. The Balaban J connectivity index is 2.39. The van der Waals surface area contributed by atoms with Gasteiger partial charge in [0.15, 0.2) is 0 Å². The Morgan fingerprint density at radius 3 is 2.83 bits per heavy atom. The summed E-state index contributed by atoms with van der Waals surface area (Å²) < 4.78 is 0.767. The van der Waals surface area contributed by atoms with Gasteiger partial charge in [0, 0.05) is 28.5 Å². The van der Waals surface area contributed by atoms with Gasteiger partial charge in [-0.25, -0.2) is 0 Å². The molecule has 1 fully saturated rings. The molecule has 7 heteroatoms. The van der Waals surface area contributed by atoms with Crippen LogP contribution >= 0.6 is 34.2 Å². The third-order valence-corrected chi connectivity index (χ3v) is 3.96. The van der Waals surface area contributed by atoms with Crippen molar-refractivity contribution in [2.24, 2.45) is 5.92 Å². The molecular formula is C11H10ClIN2O3. The fourth-order valence-electron chi connectivity index (χ4n) is 1.99. The van der Waals surface area contributed by atoms with E-state index < -0.39 is 4.92 Å². The first kappa shape index (κ1) is 13.5. The number of benzene rings is 1. The second kappa shape index (κ2) is 5.40. The van der Waals surface area contributed by atoms with Crippen molar-refractivity contribution < 1.29 is 9.72 Å². The van der Waals surface area contributed by atoms with Crippen molar-refractivity contribution in [1.29, 1.82) is 0 Å². The number of carbonyl (C=O) groups excluding carboxylic acids is 1. The molecule has 0 N–H and O–H groups in total. The van der Waals surface area contributed by atoms with Crippen molar-refractivity contribution in [3.8, 4) is 0 Å². The van der Waals surface area contributed by atoms with E-state index in [0.29, 0.717) is 24.5 Å². The maximum absolute atomic E-state index is 11.8. The van der Waals surface area contributed by atoms with E-state index in [2.05, 4.69) is 0 Å². The van der Waals surface area contributed by atoms with Gasteiger partial charge < -0.3 is 4.90 Å². The van der Waals surface area contributed by atoms with Crippen molar-refractivity contribution in [3.05, 3.63) is 31.9 Å². The van der Waals surface area contributed by atoms with Crippen molar-refractivity contribution in [3.63, 3.8) is 0 Å². The maximum atomic E-state index is 11.8. The van der Waals surface area contributed by atoms with E-state index in [1.807, 2.05) is 22.6 Å². The second-order valence-corrected chi connectivity index (χ2v) is 5.67. The summed E-state index contributed by atoms with van der Waals surface area (Å²) in [5.41, 5.74) is 0.323. The molecule has 1 aliphatic heterocycles. The Morgan fingerprint density at radius 2 is 2.28 bits per heavy atom. The topological polar surface area (TPSA) is 63.5 Å². The zero-order chi connectivity index (χ0) is 13.3. The van der Waals surface area contributed by atoms with Gasteiger partial charge in [0.25, 0.3) is 5.69 Å². The number of carbonyl (C=O) groups is 1. The second-order valence-electron chi connectivity index (χ2n) is 4.12. The summed E-state index contributed by atoms with van der Waals surface area (Å²) in [4.78, 5) is 23.9. The minimum Gasteiger partial charge on any atom is -0.306 e. The van der Waals surface area contributed by atoms with Gasteiger partial charge in [-0.15, -0.1) is 11.6 Å². The molecule has 18 heavy (non-hydrogen) atoms. The Morgan fingerprint density at radius 1 is 1.56 bits per heavy atom. The number of hydrogen-bond donors (Lipinski definition) is 0. The van der Waals surface area contributed by atoms with Crippen LogP contribution in [0.1, 0.15) is 6.42 Å². The summed E-state index contributed by atoms with van der Waals surface area (Å²) in [6.45, 7) is 0.448. The van der Waals surface area contributed by atoms with E-state index in [-0.39, 0.29) is 17.5 Å². The van der Waals surface area contributed by atoms with E-state index >= 15 is 0 Å². The Bertz CT molecular complexity index is 509. The molecule has 0 radical (unpaired) electrons. The van der Waals surface area contributed by atoms with Crippen molar-refractivity contribution >= 4 is 51.5 Å². The van der Waals surface area contributed by atoms with Gasteiger partial charge in [-0.3, -0.25) is 14.9 Å². The molecule has 1 heterocycles. The van der Waals surface area contributed by atoms with Crippen LogP contribution in [-0.2, 0) is 4.79 Å². The number of hydrogen-bond acceptors (Lipinski definition) is 3. The van der Waals surface area contributed by atoms with Crippen LogP contribution in [0.3, 0.4) is 0 Å². The molecule has 1 amide bonds. The number of halogens is 2. The largest absolute Gasteiger partial charge is 0.306 e. The summed E-state index contributed by atoms with van der Waals surface area (Å²) in [6, 6.07) is 4.84. The molecular weight excluding hydrogens is 370 g/mol. The number of nitrogens with zero attached hydrogens (tertiary/aromatic N) is 2. The molecule has 1 saturated heterocycles. The minimum atomic E-state index is -0.460. The first-order valence-electron chi connectivity index (χ1n) is 5.33. The first-order valence-corrected chi connectivity index (χ1v) is 6.94. The van der Waals surface area contributed by atoms with Crippen LogP contribution in [-0.4, -0.2) is 23.3 Å². The van der Waals surface area contributed by atoms with Crippen molar-refractivity contribution in [1.82, 2.24) is 0 Å². The Hall–Kier alpha value is -0.890. The molecule has 0 bridgehead atoms. The standard InChI is InChI=1S/C11H10ClIN2O3/c12-5-7-3-11(16)14(6-7)9-2-1-8(13)4-10(9)15(17)18/h1-2,4,7H,3,5-6H2. The van der Waals surface area contributed by atoms with Crippen LogP contribution in [0.25, 0.3) is 0 Å². The van der Waals surface area contributed by atoms with Crippen LogP contribution in [0.15, 0.2) is 18.2 Å². The van der Waals surface area contributed by atoms with E-state index in [0.717, 1.165) is 3.57 Å². The summed E-state index contributed by atoms with van der Waals surface area (Å²) in [6.07, 6.45) is 0.354. The number of nitro benzene ring substituents is 1. The van der Waals surface area contributed by atoms with Gasteiger partial charge in [-0.05, 0) is 40.6 Å². The fraction of sp³-hybridized carbons (Fsp3) is 0.364. The van der Waals surface area contributed by atoms with E-state index in [9.17, 15) is 14.9 Å². The molecule has 2 rings (SSSR count). The molecule has 0 saturated carbocycles. The highest BCUT2D eigenvalue weighted by Crippen LogP contribution is 2.34. The lowest BCUT2D eigenvalue weighted by molar-refractivity contribution is -0.384. The smallest absolute Gasteiger partial charge is 0.294 e. The van der Waals surface area contributed by atoms with Crippen LogP contribution in [0.2, 0.25) is 0 Å². The quantitative estimate of drug-likeness (QED) is 0.351. The normalized spacial score (nSPS) is 19.3. The van der Waals surface area contributed by atoms with Crippen molar-refractivity contribution in [2.75, 3.05) is 17.3 Å². The predicted molar refractivity (Wildman–Crippen MR) is 77.0 cm³/mol. The molecule has 0 aromatic heterocycles. The zero-order valence-electron chi connectivity index (χ0n) is 9.31. The number of anilines is 1. The zero-order valence-corrected chi connectivity index (χ0v) is 12.2. The number of amides is 1. The SMILES string of the molecule is O=C1CC(CCl)CN1c1ccc(I)cc1[N+](=O)[O-]. The van der Waals surface area contributed by atoms with Gasteiger partial charge in [0.05, 0.1) is 4.92 Å². The molecule has 1 aromatic carbocycles. The molecule has 0 spiro atoms. The summed E-state index contributed by atoms with van der Waals surface area (Å²) in [5, 5.41) is 11.0. The Labute approximate surface area is 122 Å². The lowest BCUT2D eigenvalue weighted by atomic mass is 10.1. The van der Waals surface area contributed by atoms with Crippen LogP contribution < -0.4 is 4.90 Å². The van der Waals surface area contributed by atoms with Crippen LogP contribution in [0.5, 0.6) is 0 Å². The molecule has 96 valence electrons. The fourth-order valence-corrected chi connectivity index (χ4v) is 2.67. The first-order chi connectivity index (χ1) is 8.52. The third kappa shape index (κ3) is 2.59. The van der Waals surface area contributed by atoms with E-state index in [4.69, 9.17) is 11.6 Å². The molecule has 5 nitrogen and oxygen atoms in total. The lowest BCUT2D eigenvalue weighted by Gasteiger charge is -2.16. The minimum absolute atomic E-state index is 0.0366. The van der Waals surface area contributed by atoms with Crippen LogP contribution in [0, 0.1) is 19.6 Å². The summed E-state index contributed by atoms with van der Waals surface area (Å²) in [7, 11) is 0. The number of rotatable bonds is 3. The molecule has 1 unspecified atom stereocenters. The van der Waals surface area contributed by atoms with E-state index in [1.54, 1.807) is 12.1 Å². The van der Waals surface area contributed by atoms with Crippen LogP contribution in [0.4, 0.5) is 11.4 Å². The van der Waals surface area contributed by atoms with Gasteiger partial charge in [-0.1, -0.05) is 0 Å². The maximum Gasteiger partial charge on any atom is 0.294 e. The predicted octanol–water partition coefficient (Wildman–Crippen LogP) is 2.79. The Kier molecular flexibility index (Phi) is 4.06. The highest BCUT2D eigenvalue weighted by Gasteiger charge is 2.33. The summed E-state index contributed by atoms with van der Waals surface area (Å²) in [5.74, 6) is 0.350. The average molecular weight is 381 g/mol. The van der Waals surface area contributed by atoms with Gasteiger partial charge in [-0.2, -0.15) is 0 Å². The highest BCUT2D eigenvalue weighted by molar-refractivity contribution is 14.1. The molecule has 1 atom stereocenters. The van der Waals surface area contributed by atoms with Gasteiger partial charge in [0.1, 0.15) is 5.69 Å². The molecule has 1 aliphatic rings. The monoisotopic (exact) mass is 380 g/mol. The number of alkyl halides is 1. The molecule has 1 aromatic rings. The van der Waals surface area contributed by atoms with Crippen molar-refractivity contribution in [2.45, 2.75) is 6.42 Å². The lowest BCUT2D eigenvalue weighted by Crippen LogP contribution is -2.25. The van der Waals surface area contributed by atoms with E-state index in [1.165, 1.54) is 11.0 Å². The van der Waals surface area contributed by atoms with Gasteiger partial charge in [0.2, 0.25) is 5.91 Å². The third-order valence-electron chi connectivity index (χ3n) is 2.85. The number of nitro groups is 1. The molecule has 0 aliphatic carbocycles. The summed E-state index contributed by atoms with van der Waals surface area (Å²) >= 11 is 7.75. The average Bonchev–Trinajstić information content (AvgIpc) is 2.70.